The predicted molar refractivity (Wildman–Crippen MR) is 81.3 cm³/mol. The van der Waals surface area contributed by atoms with Crippen molar-refractivity contribution in [1.82, 2.24) is 10.3 Å². The number of thioether (sulfide) groups is 1. The molecule has 2 unspecified atom stereocenters. The number of ether oxygens (including phenoxy) is 2. The summed E-state index contributed by atoms with van der Waals surface area (Å²) in [6.07, 6.45) is 5.19. The van der Waals surface area contributed by atoms with E-state index in [1.54, 1.807) is 13.3 Å². The minimum absolute atomic E-state index is 0.138. The Bertz CT molecular complexity index is 449. The summed E-state index contributed by atoms with van der Waals surface area (Å²) in [7, 11) is 1.67. The Labute approximate surface area is 124 Å². The number of hydrogen-bond donors (Lipinski definition) is 1. The van der Waals surface area contributed by atoms with Gasteiger partial charge in [0.1, 0.15) is 0 Å². The molecule has 1 N–H and O–H groups in total. The summed E-state index contributed by atoms with van der Waals surface area (Å²) < 4.78 is 11.4. The Morgan fingerprint density at radius 2 is 2.55 bits per heavy atom. The zero-order valence-corrected chi connectivity index (χ0v) is 12.7. The van der Waals surface area contributed by atoms with Gasteiger partial charge in [-0.1, -0.05) is 6.07 Å². The number of nitrogens with zero attached hydrogens (tertiary/aromatic N) is 1. The van der Waals surface area contributed by atoms with Crippen molar-refractivity contribution in [1.29, 1.82) is 0 Å². The van der Waals surface area contributed by atoms with Gasteiger partial charge in [0.25, 0.3) is 0 Å². The van der Waals surface area contributed by atoms with Gasteiger partial charge in [0, 0.05) is 36.7 Å². The molecule has 1 aromatic heterocycles. The van der Waals surface area contributed by atoms with Crippen LogP contribution in [0, 0.1) is 0 Å². The van der Waals surface area contributed by atoms with Gasteiger partial charge in [-0.15, -0.1) is 0 Å². The highest BCUT2D eigenvalue weighted by atomic mass is 32.2. The normalized spacial score (nSPS) is 29.8. The predicted octanol–water partition coefficient (Wildman–Crippen LogP) is 2.23. The largest absolute Gasteiger partial charge is 0.481 e. The Kier molecular flexibility index (Phi) is 4.48. The van der Waals surface area contributed by atoms with Crippen LogP contribution in [0.3, 0.4) is 0 Å². The SMILES string of the molecule is COc1ncccc1CNC1CCOC2(CCSC2)C1. The van der Waals surface area contributed by atoms with E-state index in [0.717, 1.165) is 43.2 Å². The van der Waals surface area contributed by atoms with Crippen molar-refractivity contribution in [3.63, 3.8) is 0 Å². The van der Waals surface area contributed by atoms with E-state index < -0.39 is 0 Å². The lowest BCUT2D eigenvalue weighted by atomic mass is 9.90. The highest BCUT2D eigenvalue weighted by Crippen LogP contribution is 2.38. The number of rotatable bonds is 4. The van der Waals surface area contributed by atoms with Crippen molar-refractivity contribution >= 4 is 11.8 Å². The maximum atomic E-state index is 6.06. The van der Waals surface area contributed by atoms with E-state index in [2.05, 4.69) is 16.4 Å². The van der Waals surface area contributed by atoms with Crippen molar-refractivity contribution in [2.24, 2.45) is 0 Å². The van der Waals surface area contributed by atoms with Crippen molar-refractivity contribution < 1.29 is 9.47 Å². The third-order valence-corrected chi connectivity index (χ3v) is 5.41. The maximum absolute atomic E-state index is 6.06. The molecule has 0 aliphatic carbocycles. The Morgan fingerprint density at radius 1 is 1.60 bits per heavy atom. The second-order valence-electron chi connectivity index (χ2n) is 5.58. The van der Waals surface area contributed by atoms with Crippen molar-refractivity contribution in [2.75, 3.05) is 25.2 Å². The second kappa shape index (κ2) is 6.33. The van der Waals surface area contributed by atoms with Crippen LogP contribution in [-0.4, -0.2) is 41.8 Å². The third-order valence-electron chi connectivity index (χ3n) is 4.18. The second-order valence-corrected chi connectivity index (χ2v) is 6.68. The molecule has 0 amide bonds. The number of aromatic nitrogens is 1. The molecule has 2 aliphatic rings. The lowest BCUT2D eigenvalue weighted by molar-refractivity contribution is -0.0703. The summed E-state index contributed by atoms with van der Waals surface area (Å²) in [5.74, 6) is 3.11. The fraction of sp³-hybridized carbons (Fsp3) is 0.667. The lowest BCUT2D eigenvalue weighted by Crippen LogP contribution is -2.47. The summed E-state index contributed by atoms with van der Waals surface area (Å²) in [5, 5.41) is 3.65. The van der Waals surface area contributed by atoms with Gasteiger partial charge in [-0.25, -0.2) is 4.98 Å². The number of pyridine rings is 1. The fourth-order valence-corrected chi connectivity index (χ4v) is 4.44. The molecule has 0 radical (unpaired) electrons. The van der Waals surface area contributed by atoms with E-state index in [-0.39, 0.29) is 5.60 Å². The lowest BCUT2D eigenvalue weighted by Gasteiger charge is -2.38. The van der Waals surface area contributed by atoms with Gasteiger partial charge in [-0.2, -0.15) is 11.8 Å². The molecule has 0 bridgehead atoms. The van der Waals surface area contributed by atoms with E-state index >= 15 is 0 Å². The average Bonchev–Trinajstić information content (AvgIpc) is 2.93. The van der Waals surface area contributed by atoms with E-state index in [1.165, 1.54) is 12.2 Å². The molecule has 110 valence electrons. The van der Waals surface area contributed by atoms with Crippen LogP contribution in [0.4, 0.5) is 0 Å². The average molecular weight is 294 g/mol. The molecule has 2 saturated heterocycles. The van der Waals surface area contributed by atoms with Gasteiger partial charge < -0.3 is 14.8 Å². The summed E-state index contributed by atoms with van der Waals surface area (Å²) in [6.45, 7) is 1.69. The van der Waals surface area contributed by atoms with E-state index in [1.807, 2.05) is 17.8 Å². The van der Waals surface area contributed by atoms with Crippen LogP contribution < -0.4 is 10.1 Å². The highest BCUT2D eigenvalue weighted by molar-refractivity contribution is 7.99. The third kappa shape index (κ3) is 3.10. The number of nitrogens with one attached hydrogen (secondary N) is 1. The zero-order chi connectivity index (χ0) is 13.8. The molecular weight excluding hydrogens is 272 g/mol. The first kappa shape index (κ1) is 14.2. The van der Waals surface area contributed by atoms with Gasteiger partial charge >= 0.3 is 0 Å². The number of methoxy groups -OCH3 is 1. The first-order valence-corrected chi connectivity index (χ1v) is 8.40. The minimum Gasteiger partial charge on any atom is -0.481 e. The first-order valence-electron chi connectivity index (χ1n) is 7.24. The van der Waals surface area contributed by atoms with Crippen molar-refractivity contribution in [3.05, 3.63) is 23.9 Å². The molecule has 0 saturated carbocycles. The molecule has 3 rings (SSSR count). The molecular formula is C15H22N2O2S. The molecule has 4 nitrogen and oxygen atoms in total. The number of hydrogen-bond acceptors (Lipinski definition) is 5. The molecule has 2 aliphatic heterocycles. The van der Waals surface area contributed by atoms with Crippen LogP contribution in [0.1, 0.15) is 24.8 Å². The molecule has 5 heteroatoms. The summed E-state index contributed by atoms with van der Waals surface area (Å²) >= 11 is 2.02. The Balaban J connectivity index is 1.58. The zero-order valence-electron chi connectivity index (χ0n) is 11.9. The highest BCUT2D eigenvalue weighted by Gasteiger charge is 2.40. The minimum atomic E-state index is 0.138. The van der Waals surface area contributed by atoms with Gasteiger partial charge in [-0.3, -0.25) is 0 Å². The maximum Gasteiger partial charge on any atom is 0.217 e. The van der Waals surface area contributed by atoms with Gasteiger partial charge in [0.2, 0.25) is 5.88 Å². The van der Waals surface area contributed by atoms with Gasteiger partial charge in [0.15, 0.2) is 0 Å². The summed E-state index contributed by atoms with van der Waals surface area (Å²) in [4.78, 5) is 4.24. The van der Waals surface area contributed by atoms with Gasteiger partial charge in [0.05, 0.1) is 12.7 Å². The van der Waals surface area contributed by atoms with Crippen molar-refractivity contribution in [3.8, 4) is 5.88 Å². The molecule has 3 heterocycles. The first-order chi connectivity index (χ1) is 9.81. The summed E-state index contributed by atoms with van der Waals surface area (Å²) in [5.41, 5.74) is 1.26. The molecule has 1 spiro atoms. The van der Waals surface area contributed by atoms with E-state index in [4.69, 9.17) is 9.47 Å². The van der Waals surface area contributed by atoms with E-state index in [0.29, 0.717) is 6.04 Å². The smallest absolute Gasteiger partial charge is 0.217 e. The van der Waals surface area contributed by atoms with Crippen LogP contribution in [0.15, 0.2) is 18.3 Å². The van der Waals surface area contributed by atoms with Crippen LogP contribution in [0.5, 0.6) is 5.88 Å². The van der Waals surface area contributed by atoms with Crippen LogP contribution in [0.25, 0.3) is 0 Å². The fourth-order valence-electron chi connectivity index (χ4n) is 3.06. The Hall–Kier alpha value is -0.780. The monoisotopic (exact) mass is 294 g/mol. The van der Waals surface area contributed by atoms with Crippen LogP contribution >= 0.6 is 11.8 Å². The summed E-state index contributed by atoms with van der Waals surface area (Å²) in [6, 6.07) is 4.56. The quantitative estimate of drug-likeness (QED) is 0.922. The van der Waals surface area contributed by atoms with Crippen LogP contribution in [-0.2, 0) is 11.3 Å². The van der Waals surface area contributed by atoms with Gasteiger partial charge in [-0.05, 0) is 31.1 Å². The molecule has 0 aromatic carbocycles. The topological polar surface area (TPSA) is 43.4 Å². The standard InChI is InChI=1S/C15H22N2O2S/c1-18-14-12(3-2-6-16-14)10-17-13-4-7-19-15(9-13)5-8-20-11-15/h2-3,6,13,17H,4-5,7-11H2,1H3. The van der Waals surface area contributed by atoms with Crippen molar-refractivity contribution in [2.45, 2.75) is 37.5 Å². The molecule has 20 heavy (non-hydrogen) atoms. The molecule has 1 aromatic rings. The molecule has 2 atom stereocenters. The van der Waals surface area contributed by atoms with E-state index in [9.17, 15) is 0 Å². The Morgan fingerprint density at radius 3 is 3.35 bits per heavy atom. The van der Waals surface area contributed by atoms with Crippen LogP contribution in [0.2, 0.25) is 0 Å². The molecule has 2 fully saturated rings.